The van der Waals surface area contributed by atoms with E-state index in [1.54, 1.807) is 0 Å². The number of aromatic nitrogens is 2. The Morgan fingerprint density at radius 1 is 1.62 bits per heavy atom. The summed E-state index contributed by atoms with van der Waals surface area (Å²) >= 11 is 2.03. The lowest BCUT2D eigenvalue weighted by molar-refractivity contribution is 0.362. The molecule has 0 saturated carbocycles. The van der Waals surface area contributed by atoms with Gasteiger partial charge in [-0.3, -0.25) is 0 Å². The number of thioether (sulfide) groups is 1. The molecular formula is C11H19N3OS. The summed E-state index contributed by atoms with van der Waals surface area (Å²) in [4.78, 5) is 4.30. The van der Waals surface area contributed by atoms with Gasteiger partial charge in [-0.1, -0.05) is 12.1 Å². The van der Waals surface area contributed by atoms with Crippen LogP contribution >= 0.6 is 11.8 Å². The smallest absolute Gasteiger partial charge is 0.223 e. The molecule has 5 heteroatoms. The average Bonchev–Trinajstić information content (AvgIpc) is 2.74. The van der Waals surface area contributed by atoms with Crippen molar-refractivity contribution in [2.75, 3.05) is 11.5 Å². The van der Waals surface area contributed by atoms with Gasteiger partial charge in [-0.15, -0.1) is 0 Å². The van der Waals surface area contributed by atoms with Crippen molar-refractivity contribution >= 4 is 11.8 Å². The van der Waals surface area contributed by atoms with Crippen molar-refractivity contribution in [3.8, 4) is 0 Å². The molecule has 1 N–H and O–H groups in total. The number of hydrogen-bond acceptors (Lipinski definition) is 5. The molecule has 1 aromatic rings. The molecule has 1 saturated heterocycles. The van der Waals surface area contributed by atoms with Gasteiger partial charge in [0.05, 0.1) is 6.04 Å². The van der Waals surface area contributed by atoms with Crippen LogP contribution in [0.2, 0.25) is 0 Å². The maximum Gasteiger partial charge on any atom is 0.223 e. The lowest BCUT2D eigenvalue weighted by Gasteiger charge is -2.26. The van der Waals surface area contributed by atoms with Gasteiger partial charge in [0.1, 0.15) is 0 Å². The van der Waals surface area contributed by atoms with Crippen molar-refractivity contribution in [2.45, 2.75) is 45.2 Å². The minimum absolute atomic E-state index is 0.237. The first-order valence-electron chi connectivity index (χ1n) is 5.93. The van der Waals surface area contributed by atoms with Crippen LogP contribution in [0.3, 0.4) is 0 Å². The Kier molecular flexibility index (Phi) is 4.23. The highest BCUT2D eigenvalue weighted by Crippen LogP contribution is 2.21. The Hall–Kier alpha value is -0.550. The van der Waals surface area contributed by atoms with E-state index in [9.17, 15) is 0 Å². The zero-order chi connectivity index (χ0) is 11.4. The predicted molar refractivity (Wildman–Crippen MR) is 65.5 cm³/mol. The molecule has 0 radical (unpaired) electrons. The van der Waals surface area contributed by atoms with Crippen LogP contribution in [0.25, 0.3) is 0 Å². The van der Waals surface area contributed by atoms with E-state index in [0.29, 0.717) is 11.9 Å². The summed E-state index contributed by atoms with van der Waals surface area (Å²) in [7, 11) is 0. The number of rotatable bonds is 4. The summed E-state index contributed by atoms with van der Waals surface area (Å²) in [5.41, 5.74) is 0. The van der Waals surface area contributed by atoms with Crippen molar-refractivity contribution in [1.29, 1.82) is 0 Å². The van der Waals surface area contributed by atoms with Crippen LogP contribution in [0.1, 0.15) is 43.9 Å². The maximum atomic E-state index is 5.03. The number of nitrogens with one attached hydrogen (secondary N) is 1. The molecule has 1 fully saturated rings. The molecule has 0 spiro atoms. The second kappa shape index (κ2) is 5.68. The molecule has 1 aliphatic heterocycles. The predicted octanol–water partition coefficient (Wildman–Crippen LogP) is 2.31. The van der Waals surface area contributed by atoms with Crippen molar-refractivity contribution in [1.82, 2.24) is 15.5 Å². The fourth-order valence-corrected chi connectivity index (χ4v) is 3.07. The molecular weight excluding hydrogens is 222 g/mol. The average molecular weight is 241 g/mol. The molecule has 0 aromatic carbocycles. The van der Waals surface area contributed by atoms with E-state index >= 15 is 0 Å². The standard InChI is InChI=1S/C11H19N3OS/c1-3-10(11-12-8(2)15-14-11)13-9-5-4-6-16-7-9/h9-10,13H,3-7H2,1-2H3/t9-,10-/m0/s1. The van der Waals surface area contributed by atoms with Crippen LogP contribution in [-0.2, 0) is 0 Å². The van der Waals surface area contributed by atoms with E-state index < -0.39 is 0 Å². The first-order chi connectivity index (χ1) is 7.79. The number of aryl methyl sites for hydroxylation is 1. The highest BCUT2D eigenvalue weighted by molar-refractivity contribution is 7.99. The number of nitrogens with zero attached hydrogens (tertiary/aromatic N) is 2. The third-order valence-corrected chi connectivity index (χ3v) is 4.08. The summed E-state index contributed by atoms with van der Waals surface area (Å²) in [6, 6.07) is 0.837. The zero-order valence-electron chi connectivity index (χ0n) is 9.90. The second-order valence-corrected chi connectivity index (χ2v) is 5.36. The van der Waals surface area contributed by atoms with E-state index in [-0.39, 0.29) is 6.04 Å². The van der Waals surface area contributed by atoms with Gasteiger partial charge in [0.2, 0.25) is 5.89 Å². The highest BCUT2D eigenvalue weighted by Gasteiger charge is 2.21. The molecule has 2 heterocycles. The first kappa shape index (κ1) is 11.9. The van der Waals surface area contributed by atoms with E-state index in [0.717, 1.165) is 12.2 Å². The van der Waals surface area contributed by atoms with Gasteiger partial charge in [0, 0.05) is 18.7 Å². The molecule has 0 amide bonds. The van der Waals surface area contributed by atoms with Crippen molar-refractivity contribution < 1.29 is 4.52 Å². The largest absolute Gasteiger partial charge is 0.340 e. The Morgan fingerprint density at radius 2 is 2.50 bits per heavy atom. The summed E-state index contributed by atoms with van der Waals surface area (Å²) in [6.07, 6.45) is 3.57. The third kappa shape index (κ3) is 2.98. The molecule has 90 valence electrons. The summed E-state index contributed by atoms with van der Waals surface area (Å²) in [5, 5.41) is 7.63. The van der Waals surface area contributed by atoms with Crippen LogP contribution in [0.15, 0.2) is 4.52 Å². The van der Waals surface area contributed by atoms with Gasteiger partial charge in [0.25, 0.3) is 0 Å². The van der Waals surface area contributed by atoms with E-state index in [1.807, 2.05) is 18.7 Å². The minimum atomic E-state index is 0.237. The molecule has 0 aliphatic carbocycles. The van der Waals surface area contributed by atoms with Crippen molar-refractivity contribution in [3.63, 3.8) is 0 Å². The van der Waals surface area contributed by atoms with Gasteiger partial charge in [-0.25, -0.2) is 0 Å². The quantitative estimate of drug-likeness (QED) is 0.876. The Morgan fingerprint density at radius 3 is 3.06 bits per heavy atom. The summed E-state index contributed by atoms with van der Waals surface area (Å²) in [6.45, 7) is 3.99. The van der Waals surface area contributed by atoms with Crippen molar-refractivity contribution in [3.05, 3.63) is 11.7 Å². The normalized spacial score (nSPS) is 23.2. The fraction of sp³-hybridized carbons (Fsp3) is 0.818. The van der Waals surface area contributed by atoms with E-state index in [4.69, 9.17) is 4.52 Å². The molecule has 1 aliphatic rings. The Balaban J connectivity index is 1.94. The molecule has 0 unspecified atom stereocenters. The SMILES string of the molecule is CC[C@H](N[C@H]1CCCSC1)c1noc(C)n1. The monoisotopic (exact) mass is 241 g/mol. The van der Waals surface area contributed by atoms with Crippen LogP contribution in [0.5, 0.6) is 0 Å². The topological polar surface area (TPSA) is 51.0 Å². The molecule has 1 aromatic heterocycles. The molecule has 2 rings (SSSR count). The minimum Gasteiger partial charge on any atom is -0.340 e. The lowest BCUT2D eigenvalue weighted by Crippen LogP contribution is -2.36. The first-order valence-corrected chi connectivity index (χ1v) is 7.09. The lowest BCUT2D eigenvalue weighted by atomic mass is 10.1. The van der Waals surface area contributed by atoms with Gasteiger partial charge in [-0.05, 0) is 25.0 Å². The Labute approximate surface area is 101 Å². The third-order valence-electron chi connectivity index (χ3n) is 2.86. The number of hydrogen-bond donors (Lipinski definition) is 1. The molecule has 2 atom stereocenters. The van der Waals surface area contributed by atoms with Crippen LogP contribution < -0.4 is 5.32 Å². The van der Waals surface area contributed by atoms with Gasteiger partial charge in [0.15, 0.2) is 5.82 Å². The second-order valence-electron chi connectivity index (χ2n) is 4.21. The zero-order valence-corrected chi connectivity index (χ0v) is 10.7. The van der Waals surface area contributed by atoms with Gasteiger partial charge >= 0.3 is 0 Å². The molecule has 0 bridgehead atoms. The Bertz CT molecular complexity index is 323. The van der Waals surface area contributed by atoms with E-state index in [2.05, 4.69) is 22.4 Å². The highest BCUT2D eigenvalue weighted by atomic mass is 32.2. The van der Waals surface area contributed by atoms with E-state index in [1.165, 1.54) is 24.3 Å². The molecule has 16 heavy (non-hydrogen) atoms. The summed E-state index contributed by atoms with van der Waals surface area (Å²) in [5.74, 6) is 3.95. The van der Waals surface area contributed by atoms with Gasteiger partial charge < -0.3 is 9.84 Å². The van der Waals surface area contributed by atoms with Crippen LogP contribution in [0, 0.1) is 6.92 Å². The van der Waals surface area contributed by atoms with Gasteiger partial charge in [-0.2, -0.15) is 16.7 Å². The molecule has 4 nitrogen and oxygen atoms in total. The maximum absolute atomic E-state index is 5.03. The van der Waals surface area contributed by atoms with Crippen LogP contribution in [0.4, 0.5) is 0 Å². The summed E-state index contributed by atoms with van der Waals surface area (Å²) < 4.78 is 5.03. The van der Waals surface area contributed by atoms with Crippen LogP contribution in [-0.4, -0.2) is 27.7 Å². The fourth-order valence-electron chi connectivity index (χ4n) is 1.99. The van der Waals surface area contributed by atoms with Crippen molar-refractivity contribution in [2.24, 2.45) is 0 Å².